The molecule has 5 nitrogen and oxygen atoms in total. The molecule has 3 N–H and O–H groups in total. The number of carboxylic acid groups (broad SMARTS) is 1. The summed E-state index contributed by atoms with van der Waals surface area (Å²) in [6, 6.07) is 4.38. The number of hydrogen-bond acceptors (Lipinski definition) is 3. The van der Waals surface area contributed by atoms with Crippen molar-refractivity contribution in [3.05, 3.63) is 29.3 Å². The summed E-state index contributed by atoms with van der Waals surface area (Å²) < 4.78 is 0. The van der Waals surface area contributed by atoms with Crippen LogP contribution in [0.15, 0.2) is 18.2 Å². The van der Waals surface area contributed by atoms with E-state index in [1.165, 1.54) is 0 Å². The van der Waals surface area contributed by atoms with Crippen molar-refractivity contribution >= 4 is 17.6 Å². The van der Waals surface area contributed by atoms with Crippen molar-refractivity contribution in [1.29, 1.82) is 0 Å². The molecule has 1 amide bonds. The number of fused-ring (bicyclic) bond motifs is 1. The highest BCUT2D eigenvalue weighted by Crippen LogP contribution is 2.30. The number of benzene rings is 1. The van der Waals surface area contributed by atoms with Crippen molar-refractivity contribution in [3.8, 4) is 0 Å². The van der Waals surface area contributed by atoms with Crippen LogP contribution in [0.2, 0.25) is 0 Å². The molecule has 0 fully saturated rings. The predicted octanol–water partition coefficient (Wildman–Crippen LogP) is 1.65. The van der Waals surface area contributed by atoms with E-state index in [4.69, 9.17) is 10.8 Å². The van der Waals surface area contributed by atoms with E-state index in [2.05, 4.69) is 0 Å². The molecule has 1 unspecified atom stereocenters. The molecule has 2 rings (SSSR count). The quantitative estimate of drug-likeness (QED) is 0.875. The van der Waals surface area contributed by atoms with Crippen molar-refractivity contribution in [1.82, 2.24) is 0 Å². The lowest BCUT2D eigenvalue weighted by Crippen LogP contribution is -2.43. The van der Waals surface area contributed by atoms with Gasteiger partial charge in [-0.05, 0) is 36.5 Å². The molecule has 0 saturated carbocycles. The van der Waals surface area contributed by atoms with Crippen molar-refractivity contribution in [2.45, 2.75) is 32.7 Å². The van der Waals surface area contributed by atoms with E-state index in [0.717, 1.165) is 12.0 Å². The van der Waals surface area contributed by atoms with Gasteiger partial charge in [0, 0.05) is 12.2 Å². The van der Waals surface area contributed by atoms with Crippen LogP contribution in [0.4, 0.5) is 5.69 Å². The number of hydrogen-bond donors (Lipinski definition) is 2. The minimum Gasteiger partial charge on any atom is -0.478 e. The van der Waals surface area contributed by atoms with Gasteiger partial charge >= 0.3 is 5.97 Å². The van der Waals surface area contributed by atoms with Crippen LogP contribution in [0.1, 0.15) is 36.2 Å². The Balaban J connectivity index is 2.24. The van der Waals surface area contributed by atoms with E-state index < -0.39 is 12.0 Å². The Hall–Kier alpha value is -1.88. The zero-order valence-electron chi connectivity index (χ0n) is 11.8. The maximum Gasteiger partial charge on any atom is 0.335 e. The number of carbonyl (C=O) groups is 2. The van der Waals surface area contributed by atoms with Gasteiger partial charge in [-0.15, -0.1) is 0 Å². The van der Waals surface area contributed by atoms with E-state index in [1.54, 1.807) is 23.1 Å². The number of anilines is 1. The molecule has 5 heteroatoms. The topological polar surface area (TPSA) is 83.6 Å². The second kappa shape index (κ2) is 5.63. The number of rotatable bonds is 4. The van der Waals surface area contributed by atoms with Crippen LogP contribution in [0, 0.1) is 5.92 Å². The van der Waals surface area contributed by atoms with Gasteiger partial charge in [0.1, 0.15) is 0 Å². The fourth-order valence-corrected chi connectivity index (χ4v) is 2.55. The van der Waals surface area contributed by atoms with Gasteiger partial charge in [0.25, 0.3) is 0 Å². The third-order valence-electron chi connectivity index (χ3n) is 3.54. The summed E-state index contributed by atoms with van der Waals surface area (Å²) in [7, 11) is 0. The molecule has 1 aromatic rings. The minimum absolute atomic E-state index is 0.125. The van der Waals surface area contributed by atoms with Crippen LogP contribution in [0.25, 0.3) is 0 Å². The first kappa shape index (κ1) is 14.5. The smallest absolute Gasteiger partial charge is 0.335 e. The zero-order chi connectivity index (χ0) is 14.9. The fourth-order valence-electron chi connectivity index (χ4n) is 2.55. The first-order chi connectivity index (χ1) is 9.40. The molecule has 0 aliphatic carbocycles. The summed E-state index contributed by atoms with van der Waals surface area (Å²) in [6.45, 7) is 4.62. The van der Waals surface area contributed by atoms with Gasteiger partial charge in [-0.3, -0.25) is 4.79 Å². The maximum absolute atomic E-state index is 12.4. The van der Waals surface area contributed by atoms with Crippen molar-refractivity contribution in [2.24, 2.45) is 11.7 Å². The first-order valence-electron chi connectivity index (χ1n) is 6.83. The molecule has 20 heavy (non-hydrogen) atoms. The number of nitrogens with zero attached hydrogens (tertiary/aromatic N) is 1. The number of carbonyl (C=O) groups excluding carboxylic acids is 1. The molecular weight excluding hydrogens is 256 g/mol. The third kappa shape index (κ3) is 2.82. The third-order valence-corrected chi connectivity index (χ3v) is 3.54. The SMILES string of the molecule is CC(C)CC(N)C(=O)N1CCc2ccc(C(=O)O)cc21. The van der Waals surface area contributed by atoms with E-state index in [0.29, 0.717) is 24.6 Å². The van der Waals surface area contributed by atoms with Gasteiger partial charge in [-0.25, -0.2) is 4.79 Å². The van der Waals surface area contributed by atoms with Crippen LogP contribution in [0.5, 0.6) is 0 Å². The van der Waals surface area contributed by atoms with E-state index in [-0.39, 0.29) is 11.5 Å². The summed E-state index contributed by atoms with van der Waals surface area (Å²) >= 11 is 0. The van der Waals surface area contributed by atoms with Crippen LogP contribution in [0.3, 0.4) is 0 Å². The Kier molecular flexibility index (Phi) is 4.09. The Labute approximate surface area is 118 Å². The monoisotopic (exact) mass is 276 g/mol. The molecule has 1 heterocycles. The second-order valence-corrected chi connectivity index (χ2v) is 5.62. The zero-order valence-corrected chi connectivity index (χ0v) is 11.8. The average Bonchev–Trinajstić information content (AvgIpc) is 2.79. The van der Waals surface area contributed by atoms with Gasteiger partial charge in [0.05, 0.1) is 11.6 Å². The maximum atomic E-state index is 12.4. The Morgan fingerprint density at radius 2 is 2.10 bits per heavy atom. The largest absolute Gasteiger partial charge is 0.478 e. The molecular formula is C15H20N2O3. The van der Waals surface area contributed by atoms with E-state index in [9.17, 15) is 9.59 Å². The highest BCUT2D eigenvalue weighted by molar-refractivity contribution is 6.00. The summed E-state index contributed by atoms with van der Waals surface area (Å²) in [6.07, 6.45) is 1.37. The summed E-state index contributed by atoms with van der Waals surface area (Å²) in [4.78, 5) is 25.0. The van der Waals surface area contributed by atoms with Gasteiger partial charge < -0.3 is 15.7 Å². The standard InChI is InChI=1S/C15H20N2O3/c1-9(2)7-12(16)14(18)17-6-5-10-3-4-11(15(19)20)8-13(10)17/h3-4,8-9,12H,5-7,16H2,1-2H3,(H,19,20). The van der Waals surface area contributed by atoms with Crippen molar-refractivity contribution in [3.63, 3.8) is 0 Å². The number of aromatic carboxylic acids is 1. The van der Waals surface area contributed by atoms with Crippen molar-refractivity contribution in [2.75, 3.05) is 11.4 Å². The minimum atomic E-state index is -0.987. The lowest BCUT2D eigenvalue weighted by molar-refractivity contribution is -0.120. The lowest BCUT2D eigenvalue weighted by Gasteiger charge is -2.22. The van der Waals surface area contributed by atoms with Gasteiger partial charge in [0.2, 0.25) is 5.91 Å². The Bertz CT molecular complexity index is 540. The van der Waals surface area contributed by atoms with Gasteiger partial charge in [-0.2, -0.15) is 0 Å². The van der Waals surface area contributed by atoms with Crippen LogP contribution >= 0.6 is 0 Å². The second-order valence-electron chi connectivity index (χ2n) is 5.62. The van der Waals surface area contributed by atoms with Crippen LogP contribution in [-0.4, -0.2) is 29.6 Å². The van der Waals surface area contributed by atoms with E-state index in [1.807, 2.05) is 13.8 Å². The molecule has 1 aliphatic rings. The highest BCUT2D eigenvalue weighted by atomic mass is 16.4. The predicted molar refractivity (Wildman–Crippen MR) is 76.9 cm³/mol. The molecule has 1 aromatic carbocycles. The Morgan fingerprint density at radius 3 is 2.70 bits per heavy atom. The Morgan fingerprint density at radius 1 is 1.40 bits per heavy atom. The summed E-state index contributed by atoms with van der Waals surface area (Å²) in [5, 5.41) is 9.04. The fraction of sp³-hybridized carbons (Fsp3) is 0.467. The summed E-state index contributed by atoms with van der Waals surface area (Å²) in [5.74, 6) is -0.764. The molecule has 1 atom stereocenters. The normalized spacial score (nSPS) is 15.3. The molecule has 1 aliphatic heterocycles. The summed E-state index contributed by atoms with van der Waals surface area (Å²) in [5.41, 5.74) is 7.83. The number of carboxylic acids is 1. The van der Waals surface area contributed by atoms with E-state index >= 15 is 0 Å². The first-order valence-corrected chi connectivity index (χ1v) is 6.83. The molecule has 0 aromatic heterocycles. The van der Waals surface area contributed by atoms with Gasteiger partial charge in [-0.1, -0.05) is 19.9 Å². The molecule has 0 radical (unpaired) electrons. The number of amides is 1. The molecule has 0 spiro atoms. The van der Waals surface area contributed by atoms with Crippen LogP contribution < -0.4 is 10.6 Å². The van der Waals surface area contributed by atoms with Crippen molar-refractivity contribution < 1.29 is 14.7 Å². The highest BCUT2D eigenvalue weighted by Gasteiger charge is 2.29. The lowest BCUT2D eigenvalue weighted by atomic mass is 10.0. The molecule has 108 valence electrons. The van der Waals surface area contributed by atoms with Gasteiger partial charge in [0.15, 0.2) is 0 Å². The van der Waals surface area contributed by atoms with Crippen LogP contribution in [-0.2, 0) is 11.2 Å². The molecule has 0 bridgehead atoms. The molecule has 0 saturated heterocycles. The average molecular weight is 276 g/mol. The number of nitrogens with two attached hydrogens (primary N) is 1.